The van der Waals surface area contributed by atoms with E-state index in [0.717, 1.165) is 0 Å². The lowest BCUT2D eigenvalue weighted by atomic mass is 9.98. The number of rotatable bonds is 3. The van der Waals surface area contributed by atoms with Gasteiger partial charge in [0.1, 0.15) is 5.69 Å². The summed E-state index contributed by atoms with van der Waals surface area (Å²) < 4.78 is 1.76. The van der Waals surface area contributed by atoms with E-state index in [-0.39, 0.29) is 11.4 Å². The fourth-order valence-electron chi connectivity index (χ4n) is 2.08. The van der Waals surface area contributed by atoms with Crippen LogP contribution in [0.15, 0.2) is 12.3 Å². The molecule has 2 rings (SSSR count). The van der Waals surface area contributed by atoms with Crippen molar-refractivity contribution in [1.82, 2.24) is 9.88 Å². The molecule has 1 aromatic rings. The minimum atomic E-state index is -0.115. The van der Waals surface area contributed by atoms with Crippen LogP contribution in [0.5, 0.6) is 0 Å². The van der Waals surface area contributed by atoms with Crippen LogP contribution in [0, 0.1) is 5.92 Å². The third kappa shape index (κ3) is 2.05. The maximum absolute atomic E-state index is 12.0. The van der Waals surface area contributed by atoms with Gasteiger partial charge in [-0.2, -0.15) is 0 Å². The first kappa shape index (κ1) is 11.0. The molecule has 0 aromatic carbocycles. The van der Waals surface area contributed by atoms with E-state index in [1.54, 1.807) is 16.8 Å². The summed E-state index contributed by atoms with van der Waals surface area (Å²) in [5.41, 5.74) is 6.78. The summed E-state index contributed by atoms with van der Waals surface area (Å²) in [6.07, 6.45) is 4.17. The second-order valence-electron chi connectivity index (χ2n) is 5.22. The van der Waals surface area contributed by atoms with Crippen LogP contribution in [0.4, 0.5) is 5.69 Å². The molecule has 1 fully saturated rings. The molecule has 88 valence electrons. The molecule has 3 N–H and O–H groups in total. The van der Waals surface area contributed by atoms with Crippen molar-refractivity contribution in [3.05, 3.63) is 18.0 Å². The van der Waals surface area contributed by atoms with E-state index in [1.165, 1.54) is 12.8 Å². The van der Waals surface area contributed by atoms with Crippen molar-refractivity contribution in [2.75, 3.05) is 5.73 Å². The van der Waals surface area contributed by atoms with Crippen LogP contribution in [0.1, 0.15) is 37.2 Å². The van der Waals surface area contributed by atoms with Crippen LogP contribution >= 0.6 is 0 Å². The van der Waals surface area contributed by atoms with E-state index < -0.39 is 0 Å². The topological polar surface area (TPSA) is 60.0 Å². The normalized spacial score (nSPS) is 16.2. The standard InChI is InChI=1S/C12H19N3O/c1-12(2,8-4-5-8)14-11(16)10-6-9(13)7-15(10)3/h6-8H,4-5,13H2,1-3H3,(H,14,16). The van der Waals surface area contributed by atoms with Gasteiger partial charge in [0, 0.05) is 18.8 Å². The first-order chi connectivity index (χ1) is 7.40. The molecule has 1 heterocycles. The Bertz CT molecular complexity index is 416. The molecular formula is C12H19N3O. The lowest BCUT2D eigenvalue weighted by Gasteiger charge is -2.26. The monoisotopic (exact) mass is 221 g/mol. The predicted octanol–water partition coefficient (Wildman–Crippen LogP) is 1.53. The molecule has 0 aliphatic heterocycles. The highest BCUT2D eigenvalue weighted by Gasteiger charge is 2.39. The Labute approximate surface area is 95.8 Å². The van der Waals surface area contributed by atoms with Gasteiger partial charge < -0.3 is 15.6 Å². The Kier molecular flexibility index (Phi) is 2.45. The van der Waals surface area contributed by atoms with Crippen LogP contribution in [0.3, 0.4) is 0 Å². The van der Waals surface area contributed by atoms with Gasteiger partial charge in [0.15, 0.2) is 0 Å². The average molecular weight is 221 g/mol. The summed E-state index contributed by atoms with van der Waals surface area (Å²) in [5, 5.41) is 3.07. The van der Waals surface area contributed by atoms with Gasteiger partial charge >= 0.3 is 0 Å². The van der Waals surface area contributed by atoms with E-state index >= 15 is 0 Å². The van der Waals surface area contributed by atoms with Gasteiger partial charge in [-0.15, -0.1) is 0 Å². The second-order valence-corrected chi connectivity index (χ2v) is 5.22. The number of carbonyl (C=O) groups is 1. The van der Waals surface area contributed by atoms with Crippen molar-refractivity contribution in [2.24, 2.45) is 13.0 Å². The molecule has 0 unspecified atom stereocenters. The molecular weight excluding hydrogens is 202 g/mol. The molecule has 4 heteroatoms. The Morgan fingerprint density at radius 2 is 2.19 bits per heavy atom. The Hall–Kier alpha value is -1.45. The maximum Gasteiger partial charge on any atom is 0.268 e. The van der Waals surface area contributed by atoms with Gasteiger partial charge in [-0.05, 0) is 38.7 Å². The SMILES string of the molecule is Cn1cc(N)cc1C(=O)NC(C)(C)C1CC1. The van der Waals surface area contributed by atoms with Gasteiger partial charge in [0.05, 0.1) is 5.69 Å². The minimum absolute atomic E-state index is 0.0453. The fraction of sp³-hybridized carbons (Fsp3) is 0.583. The van der Waals surface area contributed by atoms with E-state index in [0.29, 0.717) is 17.3 Å². The highest BCUT2D eigenvalue weighted by atomic mass is 16.2. The number of hydrogen-bond donors (Lipinski definition) is 2. The third-order valence-electron chi connectivity index (χ3n) is 3.29. The lowest BCUT2D eigenvalue weighted by molar-refractivity contribution is 0.0895. The molecule has 1 saturated carbocycles. The molecule has 1 amide bonds. The van der Waals surface area contributed by atoms with Gasteiger partial charge in [-0.3, -0.25) is 4.79 Å². The van der Waals surface area contributed by atoms with Gasteiger partial charge in [0.25, 0.3) is 5.91 Å². The Balaban J connectivity index is 2.11. The van der Waals surface area contributed by atoms with Crippen LogP contribution in [0.25, 0.3) is 0 Å². The predicted molar refractivity (Wildman–Crippen MR) is 64.1 cm³/mol. The number of aromatic nitrogens is 1. The summed E-state index contributed by atoms with van der Waals surface area (Å²) in [4.78, 5) is 12.0. The Morgan fingerprint density at radius 3 is 2.62 bits per heavy atom. The number of anilines is 1. The van der Waals surface area contributed by atoms with E-state index in [2.05, 4.69) is 19.2 Å². The Morgan fingerprint density at radius 1 is 1.56 bits per heavy atom. The van der Waals surface area contributed by atoms with Crippen molar-refractivity contribution < 1.29 is 4.79 Å². The van der Waals surface area contributed by atoms with Crippen molar-refractivity contribution in [3.8, 4) is 0 Å². The molecule has 0 atom stereocenters. The zero-order valence-corrected chi connectivity index (χ0v) is 10.1. The minimum Gasteiger partial charge on any atom is -0.397 e. The van der Waals surface area contributed by atoms with Gasteiger partial charge in [-0.25, -0.2) is 0 Å². The molecule has 16 heavy (non-hydrogen) atoms. The quantitative estimate of drug-likeness (QED) is 0.813. The highest BCUT2D eigenvalue weighted by molar-refractivity contribution is 5.94. The molecule has 1 aromatic heterocycles. The molecule has 4 nitrogen and oxygen atoms in total. The molecule has 0 radical (unpaired) electrons. The van der Waals surface area contributed by atoms with Crippen LogP contribution in [-0.4, -0.2) is 16.0 Å². The largest absolute Gasteiger partial charge is 0.397 e. The second kappa shape index (κ2) is 3.54. The van der Waals surface area contributed by atoms with Gasteiger partial charge in [0.2, 0.25) is 0 Å². The molecule has 0 bridgehead atoms. The number of nitrogens with two attached hydrogens (primary N) is 1. The summed E-state index contributed by atoms with van der Waals surface area (Å²) in [7, 11) is 1.83. The number of hydrogen-bond acceptors (Lipinski definition) is 2. The zero-order valence-electron chi connectivity index (χ0n) is 10.1. The van der Waals surface area contributed by atoms with Crippen molar-refractivity contribution >= 4 is 11.6 Å². The van der Waals surface area contributed by atoms with E-state index in [4.69, 9.17) is 5.73 Å². The number of carbonyl (C=O) groups excluding carboxylic acids is 1. The number of aryl methyl sites for hydroxylation is 1. The van der Waals surface area contributed by atoms with Gasteiger partial charge in [-0.1, -0.05) is 0 Å². The number of nitrogens with zero attached hydrogens (tertiary/aromatic N) is 1. The number of nitrogens with one attached hydrogen (secondary N) is 1. The fourth-order valence-corrected chi connectivity index (χ4v) is 2.08. The lowest BCUT2D eigenvalue weighted by Crippen LogP contribution is -2.45. The van der Waals surface area contributed by atoms with E-state index in [1.807, 2.05) is 7.05 Å². The van der Waals surface area contributed by atoms with Crippen LogP contribution in [-0.2, 0) is 7.05 Å². The van der Waals surface area contributed by atoms with Crippen molar-refractivity contribution in [1.29, 1.82) is 0 Å². The summed E-state index contributed by atoms with van der Waals surface area (Å²) >= 11 is 0. The van der Waals surface area contributed by atoms with Crippen LogP contribution < -0.4 is 11.1 Å². The third-order valence-corrected chi connectivity index (χ3v) is 3.29. The molecule has 1 aliphatic rings. The van der Waals surface area contributed by atoms with E-state index in [9.17, 15) is 4.79 Å². The summed E-state index contributed by atoms with van der Waals surface area (Å²) in [5.74, 6) is 0.574. The smallest absolute Gasteiger partial charge is 0.268 e. The zero-order chi connectivity index (χ0) is 11.9. The summed E-state index contributed by atoms with van der Waals surface area (Å²) in [6.45, 7) is 4.16. The average Bonchev–Trinajstić information content (AvgIpc) is 2.92. The first-order valence-corrected chi connectivity index (χ1v) is 5.64. The first-order valence-electron chi connectivity index (χ1n) is 5.64. The molecule has 1 aliphatic carbocycles. The van der Waals surface area contributed by atoms with Crippen LogP contribution in [0.2, 0.25) is 0 Å². The number of nitrogen functional groups attached to an aromatic ring is 1. The number of amides is 1. The molecule has 0 spiro atoms. The van der Waals surface area contributed by atoms with Crippen molar-refractivity contribution in [3.63, 3.8) is 0 Å². The van der Waals surface area contributed by atoms with Crippen molar-refractivity contribution in [2.45, 2.75) is 32.2 Å². The maximum atomic E-state index is 12.0. The summed E-state index contributed by atoms with van der Waals surface area (Å²) in [6, 6.07) is 1.71. The molecule has 0 saturated heterocycles. The highest BCUT2D eigenvalue weighted by Crippen LogP contribution is 2.39.